The van der Waals surface area contributed by atoms with Gasteiger partial charge in [-0.05, 0) is 31.4 Å². The molecule has 2 heterocycles. The van der Waals surface area contributed by atoms with Crippen LogP contribution in [0.5, 0.6) is 0 Å². The summed E-state index contributed by atoms with van der Waals surface area (Å²) in [5.74, 6) is 0.315. The minimum absolute atomic E-state index is 0. The number of anilines is 2. The Morgan fingerprint density at radius 3 is 2.52 bits per heavy atom. The Balaban J connectivity index is 0.00000200. The van der Waals surface area contributed by atoms with E-state index in [1.807, 2.05) is 18.3 Å². The highest BCUT2D eigenvalue weighted by Gasteiger charge is 2.13. The van der Waals surface area contributed by atoms with Crippen molar-refractivity contribution < 1.29 is 4.79 Å². The van der Waals surface area contributed by atoms with Crippen molar-refractivity contribution in [1.82, 2.24) is 4.98 Å². The van der Waals surface area contributed by atoms with Crippen LogP contribution in [0.4, 0.5) is 11.5 Å². The highest BCUT2D eigenvalue weighted by Crippen LogP contribution is 2.20. The van der Waals surface area contributed by atoms with Crippen LogP contribution in [0, 0.1) is 5.92 Å². The maximum absolute atomic E-state index is 11.7. The van der Waals surface area contributed by atoms with Crippen LogP contribution >= 0.6 is 24.8 Å². The highest BCUT2D eigenvalue weighted by atomic mass is 35.5. The molecule has 1 atom stereocenters. The monoisotopic (exact) mass is 334 g/mol. The number of hydrogen-bond acceptors (Lipinski definition) is 4. The minimum atomic E-state index is -0.191. The average molecular weight is 335 g/mol. The second-order valence-electron chi connectivity index (χ2n) is 5.08. The molecule has 0 spiro atoms. The van der Waals surface area contributed by atoms with Gasteiger partial charge in [0.25, 0.3) is 0 Å². The summed E-state index contributed by atoms with van der Waals surface area (Å²) in [6.07, 6.45) is 5.63. The van der Waals surface area contributed by atoms with Crippen molar-refractivity contribution in [2.75, 3.05) is 29.9 Å². The van der Waals surface area contributed by atoms with Gasteiger partial charge in [0.15, 0.2) is 0 Å². The van der Waals surface area contributed by atoms with Crippen molar-refractivity contribution >= 4 is 42.2 Å². The Morgan fingerprint density at radius 1 is 1.33 bits per heavy atom. The molecule has 1 unspecified atom stereocenters. The largest absolute Gasteiger partial charge is 0.370 e. The Labute approximate surface area is 138 Å². The molecule has 5 nitrogen and oxygen atoms in total. The van der Waals surface area contributed by atoms with Crippen molar-refractivity contribution in [3.8, 4) is 0 Å². The van der Waals surface area contributed by atoms with Gasteiger partial charge in [-0.1, -0.05) is 6.92 Å². The zero-order valence-electron chi connectivity index (χ0n) is 12.2. The van der Waals surface area contributed by atoms with Crippen LogP contribution in [0.1, 0.15) is 26.2 Å². The van der Waals surface area contributed by atoms with Crippen LogP contribution in [0.3, 0.4) is 0 Å². The van der Waals surface area contributed by atoms with Gasteiger partial charge in [0, 0.05) is 25.6 Å². The van der Waals surface area contributed by atoms with Gasteiger partial charge in [0.05, 0.1) is 11.9 Å². The molecule has 0 saturated carbocycles. The van der Waals surface area contributed by atoms with E-state index >= 15 is 0 Å². The Morgan fingerprint density at radius 2 is 2.00 bits per heavy atom. The number of pyridine rings is 1. The van der Waals surface area contributed by atoms with E-state index in [-0.39, 0.29) is 36.6 Å². The SMILES string of the molecule is CC(CN)C(=O)Nc1ccc(N2CCCCC2)cn1.Cl.Cl. The molecule has 7 heteroatoms. The lowest BCUT2D eigenvalue weighted by molar-refractivity contribution is -0.119. The number of amides is 1. The standard InChI is InChI=1S/C14H22N4O.2ClH/c1-11(9-15)14(19)17-13-6-5-12(10-16-13)18-7-3-2-4-8-18;;/h5-6,10-11H,2-4,7-9,15H2,1H3,(H,16,17,19);2*1H. The Bertz CT molecular complexity index is 421. The topological polar surface area (TPSA) is 71.2 Å². The third-order valence-corrected chi connectivity index (χ3v) is 3.52. The second-order valence-corrected chi connectivity index (χ2v) is 5.08. The molecule has 1 saturated heterocycles. The third-order valence-electron chi connectivity index (χ3n) is 3.52. The minimum Gasteiger partial charge on any atom is -0.370 e. The van der Waals surface area contributed by atoms with Gasteiger partial charge in [0.2, 0.25) is 5.91 Å². The zero-order chi connectivity index (χ0) is 13.7. The van der Waals surface area contributed by atoms with E-state index in [1.165, 1.54) is 19.3 Å². The van der Waals surface area contributed by atoms with Gasteiger partial charge in [-0.25, -0.2) is 4.98 Å². The van der Waals surface area contributed by atoms with Gasteiger partial charge in [-0.3, -0.25) is 4.79 Å². The lowest BCUT2D eigenvalue weighted by atomic mass is 10.1. The van der Waals surface area contributed by atoms with Crippen molar-refractivity contribution in [3.63, 3.8) is 0 Å². The lowest BCUT2D eigenvalue weighted by Crippen LogP contribution is -2.29. The van der Waals surface area contributed by atoms with E-state index < -0.39 is 0 Å². The van der Waals surface area contributed by atoms with Crippen LogP contribution in [0.25, 0.3) is 0 Å². The van der Waals surface area contributed by atoms with Crippen molar-refractivity contribution in [2.24, 2.45) is 11.7 Å². The fourth-order valence-electron chi connectivity index (χ4n) is 2.16. The summed E-state index contributed by atoms with van der Waals surface area (Å²) in [5.41, 5.74) is 6.59. The highest BCUT2D eigenvalue weighted by molar-refractivity contribution is 5.91. The summed E-state index contributed by atoms with van der Waals surface area (Å²) in [4.78, 5) is 18.3. The third kappa shape index (κ3) is 5.69. The molecule has 1 aliphatic heterocycles. The molecule has 21 heavy (non-hydrogen) atoms. The summed E-state index contributed by atoms with van der Waals surface area (Å²) in [6.45, 7) is 4.34. The van der Waals surface area contributed by atoms with Gasteiger partial charge >= 0.3 is 0 Å². The number of aromatic nitrogens is 1. The van der Waals surface area contributed by atoms with Crippen molar-refractivity contribution in [3.05, 3.63) is 18.3 Å². The maximum atomic E-state index is 11.7. The number of halogens is 2. The Kier molecular flexibility index (Phi) is 9.33. The fourth-order valence-corrected chi connectivity index (χ4v) is 2.16. The van der Waals surface area contributed by atoms with Crippen molar-refractivity contribution in [2.45, 2.75) is 26.2 Å². The van der Waals surface area contributed by atoms with Crippen molar-refractivity contribution in [1.29, 1.82) is 0 Å². The summed E-state index contributed by atoms with van der Waals surface area (Å²) in [5, 5.41) is 2.77. The number of nitrogens with zero attached hydrogens (tertiary/aromatic N) is 2. The second kappa shape index (κ2) is 9.82. The molecule has 0 aliphatic carbocycles. The summed E-state index contributed by atoms with van der Waals surface area (Å²) >= 11 is 0. The van der Waals surface area contributed by atoms with Gasteiger partial charge < -0.3 is 16.0 Å². The molecule has 1 amide bonds. The Hall–Kier alpha value is -1.04. The van der Waals surface area contributed by atoms with Gasteiger partial charge in [0.1, 0.15) is 5.82 Å². The average Bonchev–Trinajstić information content (AvgIpc) is 2.48. The maximum Gasteiger partial charge on any atom is 0.229 e. The van der Waals surface area contributed by atoms with Crippen LogP contribution in [0.15, 0.2) is 18.3 Å². The molecule has 0 radical (unpaired) electrons. The quantitative estimate of drug-likeness (QED) is 0.887. The van der Waals surface area contributed by atoms with E-state index in [0.717, 1.165) is 18.8 Å². The molecular formula is C14H24Cl2N4O. The van der Waals surface area contributed by atoms with E-state index in [4.69, 9.17) is 5.73 Å². The molecule has 0 aromatic carbocycles. The molecule has 3 N–H and O–H groups in total. The van der Waals surface area contributed by atoms with Gasteiger partial charge in [-0.2, -0.15) is 0 Å². The first-order chi connectivity index (χ1) is 9.20. The van der Waals surface area contributed by atoms with E-state index in [1.54, 1.807) is 6.92 Å². The van der Waals surface area contributed by atoms with E-state index in [9.17, 15) is 4.79 Å². The van der Waals surface area contributed by atoms with Crippen LogP contribution in [0.2, 0.25) is 0 Å². The number of carbonyl (C=O) groups excluding carboxylic acids is 1. The molecule has 1 fully saturated rings. The smallest absolute Gasteiger partial charge is 0.229 e. The molecule has 2 rings (SSSR count). The number of nitrogens with one attached hydrogen (secondary N) is 1. The number of rotatable bonds is 4. The number of carbonyl (C=O) groups is 1. The van der Waals surface area contributed by atoms with Crippen LogP contribution < -0.4 is 16.0 Å². The first-order valence-corrected chi connectivity index (χ1v) is 6.92. The normalized spacial score (nSPS) is 15.4. The molecule has 1 aromatic heterocycles. The van der Waals surface area contributed by atoms with Crippen LogP contribution in [-0.2, 0) is 4.79 Å². The summed E-state index contributed by atoms with van der Waals surface area (Å²) in [6, 6.07) is 3.87. The number of piperidine rings is 1. The molecule has 1 aromatic rings. The predicted octanol–water partition coefficient (Wildman–Crippen LogP) is 2.45. The predicted molar refractivity (Wildman–Crippen MR) is 91.6 cm³/mol. The molecule has 120 valence electrons. The number of hydrogen-bond donors (Lipinski definition) is 2. The zero-order valence-corrected chi connectivity index (χ0v) is 13.9. The van der Waals surface area contributed by atoms with Gasteiger partial charge in [-0.15, -0.1) is 24.8 Å². The first kappa shape index (κ1) is 20.0. The molecule has 0 bridgehead atoms. The molecule has 1 aliphatic rings. The van der Waals surface area contributed by atoms with E-state index in [2.05, 4.69) is 15.2 Å². The fraction of sp³-hybridized carbons (Fsp3) is 0.571. The summed E-state index contributed by atoms with van der Waals surface area (Å²) in [7, 11) is 0. The summed E-state index contributed by atoms with van der Waals surface area (Å²) < 4.78 is 0. The lowest BCUT2D eigenvalue weighted by Gasteiger charge is -2.28. The van der Waals surface area contributed by atoms with E-state index in [0.29, 0.717) is 12.4 Å². The first-order valence-electron chi connectivity index (χ1n) is 6.92. The number of nitrogens with two attached hydrogens (primary N) is 1. The molecular weight excluding hydrogens is 311 g/mol. The van der Waals surface area contributed by atoms with Crippen LogP contribution in [-0.4, -0.2) is 30.5 Å².